The summed E-state index contributed by atoms with van der Waals surface area (Å²) in [6, 6.07) is 3.54. The number of esters is 1. The Kier molecular flexibility index (Phi) is 9.25. The van der Waals surface area contributed by atoms with Crippen molar-refractivity contribution in [1.82, 2.24) is 15.2 Å². The standard InChI is InChI=1S/C23H29N5O8S2/c1-5-38-23(21(33)34)10-28-19(32)17(20(28)37-11-23)26-18(31)16(13-7-6-8-14(25-13)24-12-29)27-35-9-15(30)36-22(2,3)4/h6-8,12,17,20H,5,9-11H2,1-4H3,(H,26,31)(H,33,34)(H,24,25,29)/t17?,20-,23?/m1/s1. The van der Waals surface area contributed by atoms with Gasteiger partial charge in [-0.05, 0) is 38.7 Å². The number of anilines is 1. The Balaban J connectivity index is 1.76. The molecule has 38 heavy (non-hydrogen) atoms. The number of rotatable bonds is 11. The second kappa shape index (κ2) is 12.0. The number of carboxylic acid groups (broad SMARTS) is 1. The zero-order valence-corrected chi connectivity index (χ0v) is 22.9. The number of β-lactam (4-membered cyclic amide) rings is 1. The summed E-state index contributed by atoms with van der Waals surface area (Å²) in [5, 5.41) is 18.1. The highest BCUT2D eigenvalue weighted by atomic mass is 32.2. The Bertz CT molecular complexity index is 1140. The molecule has 2 aliphatic rings. The van der Waals surface area contributed by atoms with E-state index < -0.39 is 52.1 Å². The maximum atomic E-state index is 13.2. The second-order valence-electron chi connectivity index (χ2n) is 9.32. The number of fused-ring (bicyclic) bond motifs is 1. The van der Waals surface area contributed by atoms with Crippen LogP contribution >= 0.6 is 23.5 Å². The highest BCUT2D eigenvalue weighted by molar-refractivity contribution is 8.05. The van der Waals surface area contributed by atoms with Crippen molar-refractivity contribution in [1.29, 1.82) is 0 Å². The molecule has 0 aromatic carbocycles. The quantitative estimate of drug-likeness (QED) is 0.113. The zero-order valence-electron chi connectivity index (χ0n) is 21.3. The number of aromatic nitrogens is 1. The predicted molar refractivity (Wildman–Crippen MR) is 141 cm³/mol. The molecule has 1 aromatic heterocycles. The molecule has 2 unspecified atom stereocenters. The third-order valence-corrected chi connectivity index (χ3v) is 8.32. The molecule has 3 atom stereocenters. The molecular formula is C23H29N5O8S2. The number of nitrogens with one attached hydrogen (secondary N) is 2. The lowest BCUT2D eigenvalue weighted by molar-refractivity contribution is -0.160. The van der Waals surface area contributed by atoms with Gasteiger partial charge in [0, 0.05) is 12.3 Å². The van der Waals surface area contributed by atoms with E-state index in [9.17, 15) is 29.1 Å². The third kappa shape index (κ3) is 6.75. The molecule has 0 spiro atoms. The van der Waals surface area contributed by atoms with E-state index in [1.54, 1.807) is 20.8 Å². The third-order valence-electron chi connectivity index (χ3n) is 5.32. The van der Waals surface area contributed by atoms with Crippen molar-refractivity contribution in [2.45, 2.75) is 49.5 Å². The van der Waals surface area contributed by atoms with E-state index in [0.29, 0.717) is 12.2 Å². The van der Waals surface area contributed by atoms with Crippen LogP contribution in [0.3, 0.4) is 0 Å². The Hall–Kier alpha value is -3.33. The lowest BCUT2D eigenvalue weighted by atomic mass is 10.0. The van der Waals surface area contributed by atoms with Crippen LogP contribution in [0, 0.1) is 0 Å². The number of thioether (sulfide) groups is 2. The number of ether oxygens (including phenoxy) is 1. The fourth-order valence-corrected chi connectivity index (χ4v) is 6.58. The normalized spacial score (nSPS) is 23.0. The van der Waals surface area contributed by atoms with Crippen LogP contribution in [0.5, 0.6) is 0 Å². The van der Waals surface area contributed by atoms with E-state index in [-0.39, 0.29) is 29.5 Å². The number of pyridine rings is 1. The van der Waals surface area contributed by atoms with Crippen molar-refractivity contribution in [3.8, 4) is 0 Å². The summed E-state index contributed by atoms with van der Waals surface area (Å²) in [5.74, 6) is -1.94. The van der Waals surface area contributed by atoms with Crippen LogP contribution in [0.25, 0.3) is 0 Å². The molecule has 2 aliphatic heterocycles. The lowest BCUT2D eigenvalue weighted by Crippen LogP contribution is -2.74. The van der Waals surface area contributed by atoms with Crippen molar-refractivity contribution in [2.24, 2.45) is 5.16 Å². The Labute approximate surface area is 227 Å². The van der Waals surface area contributed by atoms with Crippen LogP contribution < -0.4 is 10.6 Å². The number of carbonyl (C=O) groups excluding carboxylic acids is 4. The molecule has 206 valence electrons. The average Bonchev–Trinajstić information content (AvgIpc) is 2.84. The predicted octanol–water partition coefficient (Wildman–Crippen LogP) is 0.689. The highest BCUT2D eigenvalue weighted by Gasteiger charge is 2.57. The number of amides is 3. The van der Waals surface area contributed by atoms with Gasteiger partial charge in [0.15, 0.2) is 5.71 Å². The first-order valence-electron chi connectivity index (χ1n) is 11.6. The molecule has 0 aliphatic carbocycles. The van der Waals surface area contributed by atoms with Gasteiger partial charge in [-0.1, -0.05) is 18.1 Å². The Morgan fingerprint density at radius 3 is 2.74 bits per heavy atom. The molecule has 3 N–H and O–H groups in total. The topological polar surface area (TPSA) is 177 Å². The largest absolute Gasteiger partial charge is 0.480 e. The Morgan fingerprint density at radius 2 is 2.11 bits per heavy atom. The van der Waals surface area contributed by atoms with E-state index in [4.69, 9.17) is 9.57 Å². The highest BCUT2D eigenvalue weighted by Crippen LogP contribution is 2.43. The fraction of sp³-hybridized carbons (Fsp3) is 0.522. The second-order valence-corrected chi connectivity index (χ2v) is 12.1. The van der Waals surface area contributed by atoms with Gasteiger partial charge >= 0.3 is 11.9 Å². The van der Waals surface area contributed by atoms with Crippen molar-refractivity contribution in [3.05, 3.63) is 23.9 Å². The van der Waals surface area contributed by atoms with E-state index in [1.807, 2.05) is 6.92 Å². The minimum Gasteiger partial charge on any atom is -0.480 e. The van der Waals surface area contributed by atoms with Gasteiger partial charge in [-0.15, -0.1) is 23.5 Å². The zero-order chi connectivity index (χ0) is 28.1. The molecule has 1 aromatic rings. The smallest absolute Gasteiger partial charge is 0.347 e. The van der Waals surface area contributed by atoms with Gasteiger partial charge in [0.05, 0.1) is 0 Å². The van der Waals surface area contributed by atoms with Gasteiger partial charge in [-0.3, -0.25) is 19.2 Å². The van der Waals surface area contributed by atoms with E-state index >= 15 is 0 Å². The number of hydrogen-bond donors (Lipinski definition) is 3. The van der Waals surface area contributed by atoms with Gasteiger partial charge in [0.2, 0.25) is 18.9 Å². The molecule has 0 bridgehead atoms. The number of aliphatic carboxylic acids is 1. The molecule has 3 heterocycles. The number of carbonyl (C=O) groups is 5. The number of nitrogens with zero attached hydrogens (tertiary/aromatic N) is 3. The summed E-state index contributed by atoms with van der Waals surface area (Å²) in [6.45, 7) is 6.36. The first kappa shape index (κ1) is 29.2. The summed E-state index contributed by atoms with van der Waals surface area (Å²) in [6.07, 6.45) is 0.415. The molecule has 0 radical (unpaired) electrons. The first-order chi connectivity index (χ1) is 17.9. The van der Waals surface area contributed by atoms with Gasteiger partial charge in [0.25, 0.3) is 5.91 Å². The summed E-state index contributed by atoms with van der Waals surface area (Å²) in [7, 11) is 0. The van der Waals surface area contributed by atoms with E-state index in [2.05, 4.69) is 20.8 Å². The van der Waals surface area contributed by atoms with Crippen molar-refractivity contribution in [3.63, 3.8) is 0 Å². The molecule has 0 saturated carbocycles. The summed E-state index contributed by atoms with van der Waals surface area (Å²) >= 11 is 2.55. The molecule has 2 fully saturated rings. The number of hydrogen-bond acceptors (Lipinski definition) is 11. The summed E-state index contributed by atoms with van der Waals surface area (Å²) in [4.78, 5) is 71.5. The Morgan fingerprint density at radius 1 is 1.37 bits per heavy atom. The van der Waals surface area contributed by atoms with Gasteiger partial charge in [0.1, 0.15) is 33.3 Å². The van der Waals surface area contributed by atoms with E-state index in [0.717, 1.165) is 0 Å². The SMILES string of the molecule is CCSC1(C(=O)O)CS[C@@H]2C(NC(=O)C(=NOCC(=O)OC(C)(C)C)c3cccc(NC=O)n3)C(=O)N2C1. The van der Waals surface area contributed by atoms with Crippen LogP contribution in [-0.4, -0.2) is 97.3 Å². The molecular weight excluding hydrogens is 538 g/mol. The van der Waals surface area contributed by atoms with Crippen molar-refractivity contribution < 1.29 is 38.7 Å². The maximum absolute atomic E-state index is 13.2. The van der Waals surface area contributed by atoms with Crippen LogP contribution in [0.4, 0.5) is 5.82 Å². The molecule has 13 nitrogen and oxygen atoms in total. The minimum absolute atomic E-state index is 0.0164. The fourth-order valence-electron chi connectivity index (χ4n) is 3.75. The van der Waals surface area contributed by atoms with Crippen LogP contribution in [0.1, 0.15) is 33.4 Å². The first-order valence-corrected chi connectivity index (χ1v) is 13.6. The minimum atomic E-state index is -1.11. The molecule has 15 heteroatoms. The van der Waals surface area contributed by atoms with Gasteiger partial charge in [-0.2, -0.15) is 0 Å². The molecule has 3 rings (SSSR count). The van der Waals surface area contributed by atoms with E-state index in [1.165, 1.54) is 46.6 Å². The summed E-state index contributed by atoms with van der Waals surface area (Å²) in [5.41, 5.74) is -1.07. The maximum Gasteiger partial charge on any atom is 0.347 e. The van der Waals surface area contributed by atoms with Crippen LogP contribution in [0.15, 0.2) is 23.4 Å². The lowest BCUT2D eigenvalue weighted by Gasteiger charge is -2.53. The van der Waals surface area contributed by atoms with Crippen molar-refractivity contribution in [2.75, 3.05) is 30.0 Å². The number of carboxylic acids is 1. The molecule has 2 saturated heterocycles. The summed E-state index contributed by atoms with van der Waals surface area (Å²) < 4.78 is 4.04. The number of oxime groups is 1. The van der Waals surface area contributed by atoms with Gasteiger partial charge in [-0.25, -0.2) is 9.78 Å². The monoisotopic (exact) mass is 567 g/mol. The van der Waals surface area contributed by atoms with Crippen LogP contribution in [-0.2, 0) is 33.5 Å². The van der Waals surface area contributed by atoms with Crippen LogP contribution in [0.2, 0.25) is 0 Å². The van der Waals surface area contributed by atoms with Gasteiger partial charge < -0.3 is 30.2 Å². The van der Waals surface area contributed by atoms with Crippen molar-refractivity contribution >= 4 is 65.2 Å². The molecule has 3 amide bonds. The average molecular weight is 568 g/mol.